The summed E-state index contributed by atoms with van der Waals surface area (Å²) in [5.41, 5.74) is 6.75. The maximum absolute atomic E-state index is 5.95. The molecular weight excluding hydrogens is 233 g/mol. The molecule has 0 unspecified atom stereocenters. The van der Waals surface area contributed by atoms with E-state index in [1.165, 1.54) is 0 Å². The molecule has 0 saturated heterocycles. The van der Waals surface area contributed by atoms with Crippen LogP contribution in [0.3, 0.4) is 0 Å². The highest BCUT2D eigenvalue weighted by atomic mass is 35.5. The van der Waals surface area contributed by atoms with Gasteiger partial charge in [-0.15, -0.1) is 0 Å². The lowest BCUT2D eigenvalue weighted by Crippen LogP contribution is -2.51. The summed E-state index contributed by atoms with van der Waals surface area (Å²) in [5.74, 6) is 0.508. The van der Waals surface area contributed by atoms with E-state index in [-0.39, 0.29) is 0 Å². The Labute approximate surface area is 99.7 Å². The Morgan fingerprint density at radius 3 is 2.33 bits per heavy atom. The first-order valence-electron chi connectivity index (χ1n) is 4.42. The molecular formula is C10H14Cl2N3+. The Morgan fingerprint density at radius 1 is 1.27 bits per heavy atom. The number of aliphatic imine (C=N–C) groups is 1. The molecule has 0 fully saturated rings. The second-order valence-electron chi connectivity index (χ2n) is 3.63. The molecule has 0 aromatic heterocycles. The smallest absolute Gasteiger partial charge is 0.299 e. The largest absolute Gasteiger partial charge is 0.338 e. The van der Waals surface area contributed by atoms with E-state index >= 15 is 0 Å². The molecule has 0 saturated carbocycles. The lowest BCUT2D eigenvalue weighted by molar-refractivity contribution is 0.585. The zero-order valence-corrected chi connectivity index (χ0v) is 10.5. The number of guanidine groups is 1. The van der Waals surface area contributed by atoms with Crippen LogP contribution in [0.2, 0.25) is 10.0 Å². The minimum Gasteiger partial charge on any atom is -0.338 e. The van der Waals surface area contributed by atoms with Crippen LogP contribution in [0.15, 0.2) is 23.2 Å². The van der Waals surface area contributed by atoms with E-state index in [1.807, 2.05) is 20.2 Å². The standard InChI is InChI=1S/C10H14Cl2N3/c1-14-10(13)15(2,3)7-4-5-8(11)9(12)6-7/h4-6H,1-3H3,(H2,13,14)/q+1. The summed E-state index contributed by atoms with van der Waals surface area (Å²) in [4.78, 5) is 3.98. The Bertz CT molecular complexity index is 400. The fourth-order valence-electron chi connectivity index (χ4n) is 1.22. The molecule has 0 bridgehead atoms. The van der Waals surface area contributed by atoms with Gasteiger partial charge in [0, 0.05) is 19.2 Å². The first-order chi connectivity index (χ1) is 6.89. The lowest BCUT2D eigenvalue weighted by Gasteiger charge is -2.26. The van der Waals surface area contributed by atoms with E-state index in [0.717, 1.165) is 5.69 Å². The number of hydrogen-bond donors (Lipinski definition) is 1. The van der Waals surface area contributed by atoms with E-state index in [1.54, 1.807) is 19.2 Å². The van der Waals surface area contributed by atoms with Crippen molar-refractivity contribution in [3.05, 3.63) is 28.2 Å². The van der Waals surface area contributed by atoms with Crippen LogP contribution in [-0.2, 0) is 0 Å². The van der Waals surface area contributed by atoms with Gasteiger partial charge in [0.05, 0.1) is 24.1 Å². The quantitative estimate of drug-likeness (QED) is 0.462. The van der Waals surface area contributed by atoms with Crippen molar-refractivity contribution in [1.29, 1.82) is 0 Å². The number of nitrogens with zero attached hydrogens (tertiary/aromatic N) is 2. The average Bonchev–Trinajstić information content (AvgIpc) is 2.20. The molecule has 15 heavy (non-hydrogen) atoms. The Kier molecular flexibility index (Phi) is 3.60. The fraction of sp³-hybridized carbons (Fsp3) is 0.300. The minimum atomic E-state index is 0.355. The predicted molar refractivity (Wildman–Crippen MR) is 67.7 cm³/mol. The van der Waals surface area contributed by atoms with Crippen LogP contribution >= 0.6 is 23.2 Å². The minimum absolute atomic E-state index is 0.355. The number of rotatable bonds is 1. The molecule has 82 valence electrons. The van der Waals surface area contributed by atoms with Crippen molar-refractivity contribution >= 4 is 34.8 Å². The highest BCUT2D eigenvalue weighted by Crippen LogP contribution is 2.28. The Hall–Kier alpha value is -0.770. The van der Waals surface area contributed by atoms with E-state index in [2.05, 4.69) is 4.99 Å². The molecule has 5 heteroatoms. The second-order valence-corrected chi connectivity index (χ2v) is 4.45. The number of halogens is 2. The zero-order chi connectivity index (χ0) is 11.6. The van der Waals surface area contributed by atoms with Crippen molar-refractivity contribution < 1.29 is 0 Å². The van der Waals surface area contributed by atoms with E-state index in [0.29, 0.717) is 20.5 Å². The fourth-order valence-corrected chi connectivity index (χ4v) is 1.51. The number of quaternary nitrogens is 1. The van der Waals surface area contributed by atoms with Gasteiger partial charge in [0.25, 0.3) is 5.96 Å². The molecule has 2 N–H and O–H groups in total. The first kappa shape index (κ1) is 12.3. The zero-order valence-electron chi connectivity index (χ0n) is 8.96. The van der Waals surface area contributed by atoms with Gasteiger partial charge >= 0.3 is 0 Å². The van der Waals surface area contributed by atoms with Gasteiger partial charge in [-0.3, -0.25) is 0 Å². The van der Waals surface area contributed by atoms with Crippen LogP contribution in [-0.4, -0.2) is 27.1 Å². The van der Waals surface area contributed by atoms with Crippen LogP contribution in [0.4, 0.5) is 5.69 Å². The highest BCUT2D eigenvalue weighted by molar-refractivity contribution is 6.42. The molecule has 0 aliphatic carbocycles. The van der Waals surface area contributed by atoms with Crippen LogP contribution in [0.5, 0.6) is 0 Å². The van der Waals surface area contributed by atoms with Crippen LogP contribution in [0.25, 0.3) is 0 Å². The van der Waals surface area contributed by atoms with Gasteiger partial charge in [-0.2, -0.15) is 0 Å². The monoisotopic (exact) mass is 246 g/mol. The molecule has 0 aliphatic rings. The molecule has 1 aromatic carbocycles. The molecule has 1 rings (SSSR count). The second kappa shape index (κ2) is 4.39. The molecule has 0 amide bonds. The SMILES string of the molecule is CN=C(N)[N+](C)(C)c1ccc(Cl)c(Cl)c1. The van der Waals surface area contributed by atoms with Crippen molar-refractivity contribution in [2.24, 2.45) is 10.7 Å². The molecule has 1 aromatic rings. The number of nitrogens with two attached hydrogens (primary N) is 1. The third-order valence-corrected chi connectivity index (χ3v) is 3.09. The topological polar surface area (TPSA) is 38.4 Å². The van der Waals surface area contributed by atoms with Crippen molar-refractivity contribution in [1.82, 2.24) is 4.48 Å². The number of benzene rings is 1. The third kappa shape index (κ3) is 2.43. The summed E-state index contributed by atoms with van der Waals surface area (Å²) in [6, 6.07) is 5.43. The molecule has 0 aliphatic heterocycles. The van der Waals surface area contributed by atoms with E-state index in [4.69, 9.17) is 28.9 Å². The van der Waals surface area contributed by atoms with Crippen LogP contribution < -0.4 is 10.2 Å². The van der Waals surface area contributed by atoms with E-state index in [9.17, 15) is 0 Å². The third-order valence-electron chi connectivity index (χ3n) is 2.35. The Balaban J connectivity index is 3.22. The lowest BCUT2D eigenvalue weighted by atomic mass is 10.2. The summed E-state index contributed by atoms with van der Waals surface area (Å²) < 4.78 is 0.355. The van der Waals surface area contributed by atoms with Gasteiger partial charge in [0.2, 0.25) is 0 Å². The van der Waals surface area contributed by atoms with Gasteiger partial charge in [-0.25, -0.2) is 9.48 Å². The molecule has 0 radical (unpaired) electrons. The van der Waals surface area contributed by atoms with Gasteiger partial charge < -0.3 is 5.73 Å². The van der Waals surface area contributed by atoms with E-state index < -0.39 is 0 Å². The summed E-state index contributed by atoms with van der Waals surface area (Å²) in [6.45, 7) is 0. The van der Waals surface area contributed by atoms with Crippen molar-refractivity contribution in [3.8, 4) is 0 Å². The molecule has 3 nitrogen and oxygen atoms in total. The van der Waals surface area contributed by atoms with Gasteiger partial charge in [-0.1, -0.05) is 23.2 Å². The molecule has 0 heterocycles. The number of hydrogen-bond acceptors (Lipinski definition) is 1. The molecule has 0 spiro atoms. The summed E-state index contributed by atoms with van der Waals surface area (Å²) in [6.07, 6.45) is 0. The normalized spacial score (nSPS) is 13.0. The summed E-state index contributed by atoms with van der Waals surface area (Å²) in [7, 11) is 5.52. The van der Waals surface area contributed by atoms with Crippen molar-refractivity contribution in [3.63, 3.8) is 0 Å². The van der Waals surface area contributed by atoms with Crippen LogP contribution in [0.1, 0.15) is 0 Å². The Morgan fingerprint density at radius 2 is 1.87 bits per heavy atom. The maximum Gasteiger partial charge on any atom is 0.299 e. The summed E-state index contributed by atoms with van der Waals surface area (Å²) >= 11 is 11.8. The average molecular weight is 247 g/mol. The maximum atomic E-state index is 5.95. The van der Waals surface area contributed by atoms with Gasteiger partial charge in [0.1, 0.15) is 5.69 Å². The van der Waals surface area contributed by atoms with Gasteiger partial charge in [-0.05, 0) is 6.07 Å². The highest BCUT2D eigenvalue weighted by Gasteiger charge is 2.24. The van der Waals surface area contributed by atoms with Gasteiger partial charge in [0.15, 0.2) is 0 Å². The molecule has 0 atom stereocenters. The van der Waals surface area contributed by atoms with Crippen LogP contribution in [0, 0.1) is 0 Å². The summed E-state index contributed by atoms with van der Waals surface area (Å²) in [5, 5.41) is 1.05. The first-order valence-corrected chi connectivity index (χ1v) is 5.17. The predicted octanol–water partition coefficient (Wildman–Crippen LogP) is 2.50. The van der Waals surface area contributed by atoms with Crippen molar-refractivity contribution in [2.45, 2.75) is 0 Å². The van der Waals surface area contributed by atoms with Crippen molar-refractivity contribution in [2.75, 3.05) is 21.1 Å².